The smallest absolute Gasteiger partial charge is 0.496 e. The van der Waals surface area contributed by atoms with Gasteiger partial charge in [0, 0.05) is 13.5 Å². The number of ether oxygens (including phenoxy) is 2. The minimum absolute atomic E-state index is 0.106. The van der Waals surface area contributed by atoms with Gasteiger partial charge in [0.1, 0.15) is 0 Å². The molecule has 0 amide bonds. The minimum atomic E-state index is -5.06. The van der Waals surface area contributed by atoms with E-state index in [2.05, 4.69) is 0 Å². The SMILES string of the molecule is COC(C)(C)CCOc1ccc(C)cc1[B-](F)(F)F. The first kappa shape index (κ1) is 15.9. The molecule has 19 heavy (non-hydrogen) atoms. The van der Waals surface area contributed by atoms with E-state index in [1.165, 1.54) is 6.07 Å². The Morgan fingerprint density at radius 3 is 2.37 bits per heavy atom. The van der Waals surface area contributed by atoms with Gasteiger partial charge in [0.2, 0.25) is 0 Å². The van der Waals surface area contributed by atoms with Crippen LogP contribution in [-0.2, 0) is 4.74 Å². The maximum atomic E-state index is 12.9. The van der Waals surface area contributed by atoms with Crippen molar-refractivity contribution < 1.29 is 22.4 Å². The van der Waals surface area contributed by atoms with Gasteiger partial charge in [0.15, 0.2) is 0 Å². The fraction of sp³-hybridized carbons (Fsp3) is 0.538. The molecule has 0 radical (unpaired) electrons. The monoisotopic (exact) mass is 275 g/mol. The summed E-state index contributed by atoms with van der Waals surface area (Å²) in [6.45, 7) is 0.470. The third-order valence-corrected chi connectivity index (χ3v) is 3.03. The summed E-state index contributed by atoms with van der Waals surface area (Å²) in [6, 6.07) is 4.11. The average Bonchev–Trinajstić information content (AvgIpc) is 2.29. The van der Waals surface area contributed by atoms with Gasteiger partial charge >= 0.3 is 6.98 Å². The Hall–Kier alpha value is -1.17. The summed E-state index contributed by atoms with van der Waals surface area (Å²) in [5.74, 6) is -0.106. The van der Waals surface area contributed by atoms with Gasteiger partial charge in [-0.25, -0.2) is 0 Å². The highest BCUT2D eigenvalue weighted by Crippen LogP contribution is 2.20. The summed E-state index contributed by atoms with van der Waals surface area (Å²) < 4.78 is 49.2. The quantitative estimate of drug-likeness (QED) is 0.742. The molecular formula is C13H19BF3O2-. The molecule has 0 aromatic heterocycles. The highest BCUT2D eigenvalue weighted by molar-refractivity contribution is 6.74. The zero-order valence-electron chi connectivity index (χ0n) is 11.7. The number of benzene rings is 1. The van der Waals surface area contributed by atoms with E-state index < -0.39 is 18.0 Å². The van der Waals surface area contributed by atoms with Crippen LogP contribution in [-0.4, -0.2) is 26.3 Å². The zero-order chi connectivity index (χ0) is 14.7. The van der Waals surface area contributed by atoms with Crippen LogP contribution in [0, 0.1) is 6.92 Å². The lowest BCUT2D eigenvalue weighted by Gasteiger charge is -2.24. The second kappa shape index (κ2) is 5.86. The number of halogens is 3. The van der Waals surface area contributed by atoms with Crippen molar-refractivity contribution in [2.24, 2.45) is 0 Å². The molecule has 0 aliphatic heterocycles. The van der Waals surface area contributed by atoms with Gasteiger partial charge < -0.3 is 22.4 Å². The third kappa shape index (κ3) is 4.78. The zero-order valence-corrected chi connectivity index (χ0v) is 11.7. The predicted octanol–water partition coefficient (Wildman–Crippen LogP) is 3.24. The highest BCUT2D eigenvalue weighted by atomic mass is 19.4. The number of aryl methyl sites for hydroxylation is 1. The maximum Gasteiger partial charge on any atom is 0.513 e. The largest absolute Gasteiger partial charge is 0.513 e. The van der Waals surface area contributed by atoms with Crippen LogP contribution in [0.15, 0.2) is 18.2 Å². The molecule has 0 aliphatic carbocycles. The molecule has 2 nitrogen and oxygen atoms in total. The van der Waals surface area contributed by atoms with Crippen LogP contribution in [0.2, 0.25) is 0 Å². The van der Waals surface area contributed by atoms with E-state index in [1.807, 2.05) is 13.8 Å². The number of hydrogen-bond donors (Lipinski definition) is 0. The molecule has 0 unspecified atom stereocenters. The summed E-state index contributed by atoms with van der Waals surface area (Å²) in [5.41, 5.74) is -0.511. The topological polar surface area (TPSA) is 18.5 Å². The Balaban J connectivity index is 2.79. The number of methoxy groups -OCH3 is 1. The minimum Gasteiger partial charge on any atom is -0.496 e. The molecule has 0 N–H and O–H groups in total. The van der Waals surface area contributed by atoms with Crippen LogP contribution in [0.1, 0.15) is 25.8 Å². The van der Waals surface area contributed by atoms with Crippen LogP contribution in [0.5, 0.6) is 5.75 Å². The van der Waals surface area contributed by atoms with Gasteiger partial charge in [-0.05, 0) is 26.8 Å². The molecule has 0 saturated carbocycles. The van der Waals surface area contributed by atoms with Gasteiger partial charge in [0.25, 0.3) is 0 Å². The molecule has 0 bridgehead atoms. The number of rotatable bonds is 6. The summed E-state index contributed by atoms with van der Waals surface area (Å²) in [6.07, 6.45) is 0.516. The van der Waals surface area contributed by atoms with Crippen LogP contribution in [0.3, 0.4) is 0 Å². The van der Waals surface area contributed by atoms with E-state index in [1.54, 1.807) is 20.1 Å². The van der Waals surface area contributed by atoms with Crippen molar-refractivity contribution in [1.29, 1.82) is 0 Å². The van der Waals surface area contributed by atoms with Crippen LogP contribution >= 0.6 is 0 Å². The predicted molar refractivity (Wildman–Crippen MR) is 71.1 cm³/mol. The van der Waals surface area contributed by atoms with Crippen molar-refractivity contribution in [3.05, 3.63) is 23.8 Å². The van der Waals surface area contributed by atoms with Gasteiger partial charge in [-0.2, -0.15) is 0 Å². The normalized spacial score (nSPS) is 12.6. The van der Waals surface area contributed by atoms with E-state index in [0.717, 1.165) is 6.07 Å². The van der Waals surface area contributed by atoms with Gasteiger partial charge in [0.05, 0.1) is 18.0 Å². The highest BCUT2D eigenvalue weighted by Gasteiger charge is 2.29. The average molecular weight is 275 g/mol. The first-order chi connectivity index (χ1) is 8.65. The second-order valence-corrected chi connectivity index (χ2v) is 5.18. The number of hydrogen-bond acceptors (Lipinski definition) is 2. The molecule has 0 fully saturated rings. The molecular weight excluding hydrogens is 256 g/mol. The van der Waals surface area contributed by atoms with E-state index >= 15 is 0 Å². The molecule has 108 valence electrons. The lowest BCUT2D eigenvalue weighted by molar-refractivity contribution is 0.00552. The fourth-order valence-corrected chi connectivity index (χ4v) is 1.56. The van der Waals surface area contributed by atoms with Crippen molar-refractivity contribution >= 4 is 12.4 Å². The van der Waals surface area contributed by atoms with Crippen LogP contribution < -0.4 is 10.2 Å². The van der Waals surface area contributed by atoms with Gasteiger partial charge in [-0.15, -0.1) is 0 Å². The first-order valence-corrected chi connectivity index (χ1v) is 6.14. The Labute approximate surface area is 112 Å². The molecule has 0 saturated heterocycles. The molecule has 0 spiro atoms. The fourth-order valence-electron chi connectivity index (χ4n) is 1.56. The van der Waals surface area contributed by atoms with Crippen LogP contribution in [0.25, 0.3) is 0 Å². The van der Waals surface area contributed by atoms with Crippen molar-refractivity contribution in [2.75, 3.05) is 13.7 Å². The molecule has 1 rings (SSSR count). The molecule has 6 heteroatoms. The summed E-state index contributed by atoms with van der Waals surface area (Å²) >= 11 is 0. The van der Waals surface area contributed by atoms with E-state index in [-0.39, 0.29) is 12.4 Å². The van der Waals surface area contributed by atoms with Crippen molar-refractivity contribution in [3.63, 3.8) is 0 Å². The summed E-state index contributed by atoms with van der Waals surface area (Å²) in [4.78, 5) is 0. The maximum absolute atomic E-state index is 12.9. The summed E-state index contributed by atoms with van der Waals surface area (Å²) in [7, 11) is 1.57. The Morgan fingerprint density at radius 1 is 1.21 bits per heavy atom. The first-order valence-electron chi connectivity index (χ1n) is 6.14. The van der Waals surface area contributed by atoms with E-state index in [4.69, 9.17) is 9.47 Å². The molecule has 0 atom stereocenters. The molecule has 0 heterocycles. The van der Waals surface area contributed by atoms with E-state index in [9.17, 15) is 12.9 Å². The molecule has 0 aliphatic rings. The Kier molecular flexibility index (Phi) is 4.90. The van der Waals surface area contributed by atoms with Gasteiger partial charge in [-0.1, -0.05) is 23.2 Å². The second-order valence-electron chi connectivity index (χ2n) is 5.18. The van der Waals surface area contributed by atoms with Crippen LogP contribution in [0.4, 0.5) is 12.9 Å². The Bertz CT molecular complexity index is 430. The van der Waals surface area contributed by atoms with Crippen molar-refractivity contribution in [1.82, 2.24) is 0 Å². The van der Waals surface area contributed by atoms with Gasteiger partial charge in [-0.3, -0.25) is 0 Å². The Morgan fingerprint density at radius 2 is 1.84 bits per heavy atom. The van der Waals surface area contributed by atoms with Crippen molar-refractivity contribution in [2.45, 2.75) is 32.8 Å². The standard InChI is InChI=1S/C13H19BF3O2/c1-10-5-6-12(11(9-10)14(15,16)17)19-8-7-13(2,3)18-4/h5-6,9H,7-8H2,1-4H3/q-1. The molecule has 1 aromatic carbocycles. The summed E-state index contributed by atoms with van der Waals surface area (Å²) in [5, 5.41) is 0. The lowest BCUT2D eigenvalue weighted by Crippen LogP contribution is -2.36. The van der Waals surface area contributed by atoms with E-state index in [0.29, 0.717) is 12.0 Å². The third-order valence-electron chi connectivity index (χ3n) is 3.03. The molecule has 1 aromatic rings. The lowest BCUT2D eigenvalue weighted by atomic mass is 9.78. The van der Waals surface area contributed by atoms with Crippen molar-refractivity contribution in [3.8, 4) is 5.75 Å².